The topological polar surface area (TPSA) is 145 Å². The molecule has 1 aliphatic carbocycles. The van der Waals surface area contributed by atoms with Crippen molar-refractivity contribution in [2.45, 2.75) is 36.3 Å². The van der Waals surface area contributed by atoms with Gasteiger partial charge in [0.15, 0.2) is 6.61 Å². The summed E-state index contributed by atoms with van der Waals surface area (Å²) in [6, 6.07) is 3.07. The zero-order valence-corrected chi connectivity index (χ0v) is 18.4. The molecule has 0 unspecified atom stereocenters. The van der Waals surface area contributed by atoms with Crippen LogP contribution in [0.5, 0.6) is 0 Å². The molecule has 0 saturated carbocycles. The van der Waals surface area contributed by atoms with Crippen molar-refractivity contribution in [3.8, 4) is 0 Å². The molecule has 0 saturated heterocycles. The van der Waals surface area contributed by atoms with E-state index in [-0.39, 0.29) is 17.2 Å². The molecule has 2 amide bonds. The van der Waals surface area contributed by atoms with Crippen molar-refractivity contribution in [3.05, 3.63) is 33.5 Å². The summed E-state index contributed by atoms with van der Waals surface area (Å²) >= 11 is 2.38. The number of nitrogens with two attached hydrogens (primary N) is 1. The fourth-order valence-electron chi connectivity index (χ4n) is 3.07. The first-order valence-corrected chi connectivity index (χ1v) is 12.4. The molecule has 9 nitrogen and oxygen atoms in total. The Morgan fingerprint density at radius 3 is 2.67 bits per heavy atom. The standard InChI is InChI=1S/C18H21N3O6S3/c19-17(24)16-11-4-1-2-5-12(11)29-18(16)21-13(22)10-27-14(23)7-8-20-30(25,26)15-6-3-9-28-15/h3,6,9,20H,1-2,4-5,7-8,10H2,(H2,19,24)(H,21,22). The van der Waals surface area contributed by atoms with Crippen LogP contribution in [0.4, 0.5) is 5.00 Å². The second-order valence-electron chi connectivity index (χ2n) is 6.57. The number of aryl methyl sites for hydroxylation is 1. The molecule has 0 radical (unpaired) electrons. The first-order chi connectivity index (χ1) is 14.3. The predicted molar refractivity (Wildman–Crippen MR) is 113 cm³/mol. The van der Waals surface area contributed by atoms with Gasteiger partial charge >= 0.3 is 5.97 Å². The molecule has 0 fully saturated rings. The Labute approximate surface area is 181 Å². The average Bonchev–Trinajstić information content (AvgIpc) is 3.34. The van der Waals surface area contributed by atoms with E-state index in [0.717, 1.165) is 47.5 Å². The first-order valence-electron chi connectivity index (χ1n) is 9.21. The van der Waals surface area contributed by atoms with Crippen molar-refractivity contribution in [1.82, 2.24) is 4.72 Å². The third-order valence-electron chi connectivity index (χ3n) is 4.42. The number of fused-ring (bicyclic) bond motifs is 1. The van der Waals surface area contributed by atoms with Crippen LogP contribution < -0.4 is 15.8 Å². The van der Waals surface area contributed by atoms with Crippen molar-refractivity contribution < 1.29 is 27.5 Å². The molecule has 2 aromatic rings. The molecule has 2 heterocycles. The SMILES string of the molecule is NC(=O)c1c(NC(=O)COC(=O)CCNS(=O)(=O)c2cccs2)sc2c1CCCC2. The number of sulfonamides is 1. The van der Waals surface area contributed by atoms with Gasteiger partial charge in [0.1, 0.15) is 9.21 Å². The van der Waals surface area contributed by atoms with Crippen LogP contribution in [0.3, 0.4) is 0 Å². The minimum absolute atomic E-state index is 0.149. The Bertz CT molecular complexity index is 1040. The predicted octanol–water partition coefficient (Wildman–Crippen LogP) is 1.64. The molecule has 30 heavy (non-hydrogen) atoms. The van der Waals surface area contributed by atoms with E-state index < -0.39 is 34.4 Å². The lowest BCUT2D eigenvalue weighted by molar-refractivity contribution is -0.147. The van der Waals surface area contributed by atoms with Gasteiger partial charge in [0.2, 0.25) is 10.0 Å². The van der Waals surface area contributed by atoms with Gasteiger partial charge in [0, 0.05) is 11.4 Å². The van der Waals surface area contributed by atoms with E-state index in [9.17, 15) is 22.8 Å². The third kappa shape index (κ3) is 5.45. The van der Waals surface area contributed by atoms with Crippen LogP contribution in [-0.2, 0) is 37.2 Å². The number of carbonyl (C=O) groups excluding carboxylic acids is 3. The van der Waals surface area contributed by atoms with E-state index in [4.69, 9.17) is 10.5 Å². The van der Waals surface area contributed by atoms with Crippen molar-refractivity contribution >= 4 is 55.5 Å². The summed E-state index contributed by atoms with van der Waals surface area (Å²) in [7, 11) is -3.66. The minimum Gasteiger partial charge on any atom is -0.456 e. The lowest BCUT2D eigenvalue weighted by Gasteiger charge is -2.11. The van der Waals surface area contributed by atoms with Crippen molar-refractivity contribution in [2.24, 2.45) is 5.73 Å². The van der Waals surface area contributed by atoms with Gasteiger partial charge in [0.05, 0.1) is 12.0 Å². The van der Waals surface area contributed by atoms with Crippen LogP contribution in [0.2, 0.25) is 0 Å². The summed E-state index contributed by atoms with van der Waals surface area (Å²) in [6.45, 7) is -0.693. The quantitative estimate of drug-likeness (QED) is 0.474. The minimum atomic E-state index is -3.66. The molecule has 1 aliphatic rings. The molecule has 3 rings (SSSR count). The van der Waals surface area contributed by atoms with E-state index in [1.165, 1.54) is 17.4 Å². The summed E-state index contributed by atoms with van der Waals surface area (Å²) in [5.41, 5.74) is 6.71. The molecule has 162 valence electrons. The summed E-state index contributed by atoms with van der Waals surface area (Å²) < 4.78 is 31.3. The van der Waals surface area contributed by atoms with Crippen LogP contribution in [0.1, 0.15) is 40.1 Å². The molecule has 0 aliphatic heterocycles. The van der Waals surface area contributed by atoms with Crippen LogP contribution >= 0.6 is 22.7 Å². The number of rotatable bonds is 9. The van der Waals surface area contributed by atoms with Gasteiger partial charge in [0.25, 0.3) is 11.8 Å². The van der Waals surface area contributed by atoms with Gasteiger partial charge < -0.3 is 15.8 Å². The van der Waals surface area contributed by atoms with Crippen LogP contribution in [0.25, 0.3) is 0 Å². The summed E-state index contributed by atoms with van der Waals surface area (Å²) in [5, 5.41) is 4.60. The number of esters is 1. The summed E-state index contributed by atoms with van der Waals surface area (Å²) in [5.74, 6) is -1.91. The number of ether oxygens (including phenoxy) is 1. The lowest BCUT2D eigenvalue weighted by Crippen LogP contribution is -2.27. The van der Waals surface area contributed by atoms with Crippen LogP contribution in [-0.4, -0.2) is 39.4 Å². The first kappa shape index (κ1) is 22.4. The number of hydrogen-bond donors (Lipinski definition) is 3. The molecule has 0 atom stereocenters. The van der Waals surface area contributed by atoms with E-state index >= 15 is 0 Å². The number of primary amides is 1. The second-order valence-corrected chi connectivity index (χ2v) is 10.6. The van der Waals surface area contributed by atoms with Gasteiger partial charge in [-0.25, -0.2) is 13.1 Å². The molecular weight excluding hydrogens is 450 g/mol. The van der Waals surface area contributed by atoms with Gasteiger partial charge in [-0.2, -0.15) is 0 Å². The maximum Gasteiger partial charge on any atom is 0.307 e. The monoisotopic (exact) mass is 471 g/mol. The number of amides is 2. The molecular formula is C18H21N3O6S3. The number of anilines is 1. The van der Waals surface area contributed by atoms with Gasteiger partial charge in [-0.3, -0.25) is 14.4 Å². The number of nitrogens with one attached hydrogen (secondary N) is 2. The zero-order chi connectivity index (χ0) is 21.7. The maximum atomic E-state index is 12.1. The molecule has 2 aromatic heterocycles. The fraction of sp³-hybridized carbons (Fsp3) is 0.389. The van der Waals surface area contributed by atoms with Crippen molar-refractivity contribution in [2.75, 3.05) is 18.5 Å². The normalized spacial score (nSPS) is 13.5. The largest absolute Gasteiger partial charge is 0.456 e. The number of hydrogen-bond acceptors (Lipinski definition) is 8. The Kier molecular flexibility index (Phi) is 7.23. The van der Waals surface area contributed by atoms with Gasteiger partial charge in [-0.15, -0.1) is 22.7 Å². The van der Waals surface area contributed by atoms with Gasteiger partial charge in [-0.05, 0) is 42.7 Å². The van der Waals surface area contributed by atoms with Crippen LogP contribution in [0, 0.1) is 0 Å². The average molecular weight is 472 g/mol. The molecule has 0 bridgehead atoms. The van der Waals surface area contributed by atoms with E-state index in [1.807, 2.05) is 0 Å². The van der Waals surface area contributed by atoms with Crippen LogP contribution in [0.15, 0.2) is 21.7 Å². The highest BCUT2D eigenvalue weighted by molar-refractivity contribution is 7.91. The molecule has 0 spiro atoms. The second kappa shape index (κ2) is 9.69. The third-order valence-corrected chi connectivity index (χ3v) is 8.48. The summed E-state index contributed by atoms with van der Waals surface area (Å²) in [4.78, 5) is 36.8. The van der Waals surface area contributed by atoms with E-state index in [2.05, 4.69) is 10.0 Å². The Morgan fingerprint density at radius 1 is 1.20 bits per heavy atom. The Hall–Kier alpha value is -2.28. The highest BCUT2D eigenvalue weighted by Crippen LogP contribution is 2.37. The number of carbonyl (C=O) groups is 3. The fourth-order valence-corrected chi connectivity index (χ4v) is 6.45. The smallest absolute Gasteiger partial charge is 0.307 e. The van der Waals surface area contributed by atoms with Crippen molar-refractivity contribution in [1.29, 1.82) is 0 Å². The maximum absolute atomic E-state index is 12.1. The van der Waals surface area contributed by atoms with Gasteiger partial charge in [-0.1, -0.05) is 6.07 Å². The molecule has 0 aromatic carbocycles. The molecule has 12 heteroatoms. The highest BCUT2D eigenvalue weighted by Gasteiger charge is 2.25. The Morgan fingerprint density at radius 2 is 1.97 bits per heavy atom. The van der Waals surface area contributed by atoms with E-state index in [0.29, 0.717) is 10.6 Å². The molecule has 4 N–H and O–H groups in total. The van der Waals surface area contributed by atoms with Crippen molar-refractivity contribution in [3.63, 3.8) is 0 Å². The Balaban J connectivity index is 1.47. The zero-order valence-electron chi connectivity index (χ0n) is 15.9. The number of thiophene rings is 2. The summed E-state index contributed by atoms with van der Waals surface area (Å²) in [6.07, 6.45) is 3.35. The highest BCUT2D eigenvalue weighted by atomic mass is 32.2. The van der Waals surface area contributed by atoms with E-state index in [1.54, 1.807) is 11.4 Å². The lowest BCUT2D eigenvalue weighted by atomic mass is 9.95.